The molecule has 0 bridgehead atoms. The Balaban J connectivity index is 2.05. The van der Waals surface area contributed by atoms with Crippen LogP contribution in [-0.2, 0) is 6.54 Å². The first-order valence-corrected chi connectivity index (χ1v) is 7.15. The van der Waals surface area contributed by atoms with Crippen LogP contribution in [0.25, 0.3) is 10.1 Å². The van der Waals surface area contributed by atoms with E-state index in [2.05, 4.69) is 32.0 Å². The van der Waals surface area contributed by atoms with E-state index in [9.17, 15) is 4.79 Å². The van der Waals surface area contributed by atoms with Gasteiger partial charge in [-0.25, -0.2) is 0 Å². The highest BCUT2D eigenvalue weighted by atomic mass is 32.1. The van der Waals surface area contributed by atoms with Crippen LogP contribution in [0.15, 0.2) is 46.7 Å². The summed E-state index contributed by atoms with van der Waals surface area (Å²) in [5.74, 6) is 0. The van der Waals surface area contributed by atoms with E-state index in [4.69, 9.17) is 0 Å². The molecule has 3 rings (SSSR count). The fourth-order valence-electron chi connectivity index (χ4n) is 2.49. The largest absolute Gasteiger partial charge is 0.311 e. The number of rotatable bonds is 2. The fourth-order valence-corrected chi connectivity index (χ4v) is 3.26. The van der Waals surface area contributed by atoms with Crippen LogP contribution >= 0.6 is 11.3 Å². The Kier molecular flexibility index (Phi) is 2.99. The van der Waals surface area contributed by atoms with Crippen molar-refractivity contribution < 1.29 is 0 Å². The number of fused-ring (bicyclic) bond motifs is 1. The summed E-state index contributed by atoms with van der Waals surface area (Å²) in [5, 5.41) is 2.78. The highest BCUT2D eigenvalue weighted by Gasteiger charge is 2.04. The van der Waals surface area contributed by atoms with Crippen molar-refractivity contribution in [1.82, 2.24) is 4.57 Å². The average Bonchev–Trinajstić information content (AvgIpc) is 2.80. The van der Waals surface area contributed by atoms with Gasteiger partial charge in [0.1, 0.15) is 0 Å². The van der Waals surface area contributed by atoms with E-state index in [1.165, 1.54) is 16.7 Å². The molecule has 0 spiro atoms. The van der Waals surface area contributed by atoms with Crippen molar-refractivity contribution in [1.29, 1.82) is 0 Å². The van der Waals surface area contributed by atoms with Crippen molar-refractivity contribution in [2.24, 2.45) is 0 Å². The minimum absolute atomic E-state index is 0.0953. The maximum absolute atomic E-state index is 12.3. The molecule has 1 aromatic carbocycles. The van der Waals surface area contributed by atoms with Crippen LogP contribution in [0.5, 0.6) is 0 Å². The zero-order valence-electron chi connectivity index (χ0n) is 11.0. The normalized spacial score (nSPS) is 11.1. The van der Waals surface area contributed by atoms with E-state index in [1.807, 2.05) is 23.7 Å². The lowest BCUT2D eigenvalue weighted by Crippen LogP contribution is -2.19. The monoisotopic (exact) mass is 269 g/mol. The van der Waals surface area contributed by atoms with E-state index < -0.39 is 0 Å². The lowest BCUT2D eigenvalue weighted by Gasteiger charge is -2.08. The Morgan fingerprint density at radius 3 is 2.58 bits per heavy atom. The summed E-state index contributed by atoms with van der Waals surface area (Å²) >= 11 is 1.61. The van der Waals surface area contributed by atoms with Crippen LogP contribution < -0.4 is 5.56 Å². The Morgan fingerprint density at radius 1 is 1.11 bits per heavy atom. The number of benzene rings is 1. The van der Waals surface area contributed by atoms with Crippen molar-refractivity contribution in [2.75, 3.05) is 0 Å². The molecule has 19 heavy (non-hydrogen) atoms. The maximum atomic E-state index is 12.3. The summed E-state index contributed by atoms with van der Waals surface area (Å²) in [7, 11) is 0. The number of aromatic nitrogens is 1. The number of thiophene rings is 1. The minimum Gasteiger partial charge on any atom is -0.311 e. The Labute approximate surface area is 115 Å². The van der Waals surface area contributed by atoms with Crippen LogP contribution in [0.1, 0.15) is 16.7 Å². The number of aryl methyl sites for hydroxylation is 2. The van der Waals surface area contributed by atoms with Gasteiger partial charge >= 0.3 is 0 Å². The molecule has 0 aliphatic carbocycles. The summed E-state index contributed by atoms with van der Waals surface area (Å²) in [4.78, 5) is 12.3. The number of hydrogen-bond acceptors (Lipinski definition) is 2. The van der Waals surface area contributed by atoms with Gasteiger partial charge in [0.05, 0.1) is 11.9 Å². The Bertz CT molecular complexity index is 778. The Hall–Kier alpha value is -1.87. The van der Waals surface area contributed by atoms with Gasteiger partial charge in [0.2, 0.25) is 0 Å². The molecule has 2 heterocycles. The molecular formula is C16H15NOS. The van der Waals surface area contributed by atoms with Crippen LogP contribution in [0.2, 0.25) is 0 Å². The minimum atomic E-state index is 0.0953. The van der Waals surface area contributed by atoms with Gasteiger partial charge in [-0.2, -0.15) is 0 Å². The zero-order valence-corrected chi connectivity index (χ0v) is 11.8. The highest BCUT2D eigenvalue weighted by Crippen LogP contribution is 2.17. The molecule has 96 valence electrons. The molecule has 3 aromatic rings. The topological polar surface area (TPSA) is 22.0 Å². The quantitative estimate of drug-likeness (QED) is 0.695. The second-order valence-electron chi connectivity index (χ2n) is 4.94. The van der Waals surface area contributed by atoms with Gasteiger partial charge in [-0.15, -0.1) is 11.3 Å². The molecule has 0 fully saturated rings. The molecule has 3 heteroatoms. The molecule has 0 saturated heterocycles. The van der Waals surface area contributed by atoms with Gasteiger partial charge in [0.15, 0.2) is 0 Å². The van der Waals surface area contributed by atoms with Crippen molar-refractivity contribution in [3.8, 4) is 0 Å². The highest BCUT2D eigenvalue weighted by molar-refractivity contribution is 7.17. The van der Waals surface area contributed by atoms with Crippen LogP contribution in [-0.4, -0.2) is 4.57 Å². The average molecular weight is 269 g/mol. The third-order valence-electron chi connectivity index (χ3n) is 3.23. The number of pyridine rings is 1. The van der Waals surface area contributed by atoms with Crippen molar-refractivity contribution in [3.63, 3.8) is 0 Å². The summed E-state index contributed by atoms with van der Waals surface area (Å²) in [6, 6.07) is 10.3. The molecule has 0 N–H and O–H groups in total. The van der Waals surface area contributed by atoms with Crippen LogP contribution in [0.4, 0.5) is 0 Å². The van der Waals surface area contributed by atoms with Crippen LogP contribution in [0.3, 0.4) is 0 Å². The molecule has 2 nitrogen and oxygen atoms in total. The maximum Gasteiger partial charge on any atom is 0.259 e. The molecule has 0 aliphatic heterocycles. The van der Waals surface area contributed by atoms with Gasteiger partial charge in [-0.05, 0) is 36.9 Å². The molecule has 0 radical (unpaired) electrons. The van der Waals surface area contributed by atoms with E-state index in [-0.39, 0.29) is 5.56 Å². The third-order valence-corrected chi connectivity index (χ3v) is 4.11. The van der Waals surface area contributed by atoms with Crippen molar-refractivity contribution >= 4 is 21.4 Å². The lowest BCUT2D eigenvalue weighted by molar-refractivity contribution is 0.767. The van der Waals surface area contributed by atoms with Crippen LogP contribution in [0, 0.1) is 13.8 Å². The SMILES string of the molecule is Cc1cc(C)cc(Cn2ccc3sccc3c2=O)c1. The van der Waals surface area contributed by atoms with Gasteiger partial charge in [-0.3, -0.25) is 4.79 Å². The van der Waals surface area contributed by atoms with E-state index in [0.717, 1.165) is 10.1 Å². The molecule has 0 amide bonds. The molecule has 0 atom stereocenters. The molecule has 2 aromatic heterocycles. The lowest BCUT2D eigenvalue weighted by atomic mass is 10.1. The number of nitrogens with zero attached hydrogens (tertiary/aromatic N) is 1. The fraction of sp³-hybridized carbons (Fsp3) is 0.188. The summed E-state index contributed by atoms with van der Waals surface area (Å²) in [6.45, 7) is 4.80. The Morgan fingerprint density at radius 2 is 1.84 bits per heavy atom. The first-order chi connectivity index (χ1) is 9.13. The van der Waals surface area contributed by atoms with E-state index in [0.29, 0.717) is 6.54 Å². The zero-order chi connectivity index (χ0) is 13.4. The van der Waals surface area contributed by atoms with E-state index >= 15 is 0 Å². The first kappa shape index (κ1) is 12.2. The second-order valence-corrected chi connectivity index (χ2v) is 5.89. The molecular weight excluding hydrogens is 254 g/mol. The molecule has 0 unspecified atom stereocenters. The van der Waals surface area contributed by atoms with E-state index in [1.54, 1.807) is 15.9 Å². The van der Waals surface area contributed by atoms with Gasteiger partial charge in [-0.1, -0.05) is 29.3 Å². The summed E-state index contributed by atoms with van der Waals surface area (Å²) in [5.41, 5.74) is 3.74. The van der Waals surface area contributed by atoms with Gasteiger partial charge in [0, 0.05) is 10.9 Å². The first-order valence-electron chi connectivity index (χ1n) is 6.27. The predicted molar refractivity (Wildman–Crippen MR) is 81.1 cm³/mol. The van der Waals surface area contributed by atoms with Crippen molar-refractivity contribution in [2.45, 2.75) is 20.4 Å². The summed E-state index contributed by atoms with van der Waals surface area (Å²) in [6.07, 6.45) is 1.89. The standard InChI is InChI=1S/C16H15NOS/c1-11-7-12(2)9-13(8-11)10-17-5-3-15-14(16(17)18)4-6-19-15/h3-9H,10H2,1-2H3. The third kappa shape index (κ3) is 2.34. The smallest absolute Gasteiger partial charge is 0.259 e. The van der Waals surface area contributed by atoms with Gasteiger partial charge in [0.25, 0.3) is 5.56 Å². The number of hydrogen-bond donors (Lipinski definition) is 0. The predicted octanol–water partition coefficient (Wildman–Crippen LogP) is 3.73. The molecule has 0 aliphatic rings. The van der Waals surface area contributed by atoms with Gasteiger partial charge < -0.3 is 4.57 Å². The summed E-state index contributed by atoms with van der Waals surface area (Å²) < 4.78 is 2.84. The van der Waals surface area contributed by atoms with Crippen molar-refractivity contribution in [3.05, 3.63) is 69.0 Å². The molecule has 0 saturated carbocycles. The second kappa shape index (κ2) is 4.67.